The molecule has 1 heterocycles. The molecule has 0 aromatic heterocycles. The van der Waals surface area contributed by atoms with Crippen molar-refractivity contribution in [2.24, 2.45) is 0 Å². The average Bonchev–Trinajstić information content (AvgIpc) is 2.56. The molecule has 1 aliphatic rings. The maximum atomic E-state index is 5.18. The minimum absolute atomic E-state index is 0.661. The van der Waals surface area contributed by atoms with Crippen LogP contribution in [0.15, 0.2) is 30.5 Å². The van der Waals surface area contributed by atoms with Crippen LogP contribution in [-0.2, 0) is 18.0 Å². The number of para-hydroxylation sites is 1. The number of hydroxylamine groups is 1. The van der Waals surface area contributed by atoms with Gasteiger partial charge in [0.05, 0.1) is 18.9 Å². The van der Waals surface area contributed by atoms with Crippen LogP contribution in [0.3, 0.4) is 0 Å². The fraction of sp³-hybridized carbons (Fsp3) is 0.467. The van der Waals surface area contributed by atoms with Gasteiger partial charge >= 0.3 is 9.53 Å². The fourth-order valence-corrected chi connectivity index (χ4v) is 2.59. The standard InChI is InChI=1S/C9H9NO2.C6H15O3Si/c1-11-9-6-10-12-8-5-3-2-4-7(8)9;1-4-7-10(8-5-2)9-6-3/h2-6,10H,1H3;4-6H2,1-3H3. The summed E-state index contributed by atoms with van der Waals surface area (Å²) in [5.74, 6) is 1.58. The summed E-state index contributed by atoms with van der Waals surface area (Å²) in [4.78, 5) is 5.15. The molecule has 0 fully saturated rings. The predicted octanol–water partition coefficient (Wildman–Crippen LogP) is 2.61. The minimum atomic E-state index is -1.40. The summed E-state index contributed by atoms with van der Waals surface area (Å²) in [6.07, 6.45) is 1.68. The first-order valence-corrected chi connectivity index (χ1v) is 8.50. The Morgan fingerprint density at radius 3 is 2.14 bits per heavy atom. The quantitative estimate of drug-likeness (QED) is 0.777. The van der Waals surface area contributed by atoms with Gasteiger partial charge in [-0.2, -0.15) is 0 Å². The number of hydrogen-bond acceptors (Lipinski definition) is 6. The van der Waals surface area contributed by atoms with Crippen LogP contribution in [0.2, 0.25) is 0 Å². The van der Waals surface area contributed by atoms with Gasteiger partial charge in [-0.3, -0.25) is 0 Å². The molecule has 0 unspecified atom stereocenters. The molecule has 6 nitrogen and oxygen atoms in total. The third-order valence-electron chi connectivity index (χ3n) is 2.52. The molecule has 7 heteroatoms. The summed E-state index contributed by atoms with van der Waals surface area (Å²) < 4.78 is 20.7. The van der Waals surface area contributed by atoms with E-state index >= 15 is 0 Å². The van der Waals surface area contributed by atoms with Crippen molar-refractivity contribution >= 4 is 15.3 Å². The van der Waals surface area contributed by atoms with E-state index in [0.717, 1.165) is 17.1 Å². The van der Waals surface area contributed by atoms with Gasteiger partial charge in [-0.25, -0.2) is 5.48 Å². The number of rotatable bonds is 7. The molecule has 0 saturated heterocycles. The topological polar surface area (TPSA) is 58.2 Å². The first-order valence-electron chi connectivity index (χ1n) is 7.28. The second kappa shape index (κ2) is 11.1. The highest BCUT2D eigenvalue weighted by Crippen LogP contribution is 2.27. The number of benzene rings is 1. The molecule has 0 amide bonds. The number of ether oxygens (including phenoxy) is 1. The van der Waals surface area contributed by atoms with E-state index in [2.05, 4.69) is 5.48 Å². The van der Waals surface area contributed by atoms with Crippen molar-refractivity contribution in [1.29, 1.82) is 0 Å². The summed E-state index contributed by atoms with van der Waals surface area (Å²) in [7, 11) is 0.237. The molecule has 1 aromatic carbocycles. The zero-order valence-corrected chi connectivity index (χ0v) is 14.5. The third-order valence-corrected chi connectivity index (χ3v) is 4.09. The summed E-state index contributed by atoms with van der Waals surface area (Å²) in [6.45, 7) is 7.78. The van der Waals surface area contributed by atoms with Crippen molar-refractivity contribution in [1.82, 2.24) is 5.48 Å². The highest BCUT2D eigenvalue weighted by molar-refractivity contribution is 6.36. The molecule has 1 N–H and O–H groups in total. The van der Waals surface area contributed by atoms with Crippen molar-refractivity contribution in [3.8, 4) is 5.75 Å². The summed E-state index contributed by atoms with van der Waals surface area (Å²) in [5, 5.41) is 0. The second-order valence-electron chi connectivity index (χ2n) is 3.98. The van der Waals surface area contributed by atoms with Crippen LogP contribution >= 0.6 is 0 Å². The van der Waals surface area contributed by atoms with E-state index in [4.69, 9.17) is 22.9 Å². The predicted molar refractivity (Wildman–Crippen MR) is 85.8 cm³/mol. The minimum Gasteiger partial charge on any atom is -0.494 e. The number of fused-ring (bicyclic) bond motifs is 1. The Labute approximate surface area is 133 Å². The van der Waals surface area contributed by atoms with Gasteiger partial charge < -0.3 is 22.9 Å². The van der Waals surface area contributed by atoms with E-state index in [1.807, 2.05) is 45.0 Å². The molecule has 22 heavy (non-hydrogen) atoms. The van der Waals surface area contributed by atoms with Crippen molar-refractivity contribution in [3.05, 3.63) is 36.0 Å². The Bertz CT molecular complexity index is 441. The van der Waals surface area contributed by atoms with Crippen LogP contribution in [0.25, 0.3) is 5.76 Å². The third kappa shape index (κ3) is 6.06. The number of methoxy groups -OCH3 is 1. The van der Waals surface area contributed by atoms with Crippen molar-refractivity contribution < 1.29 is 22.9 Å². The monoisotopic (exact) mass is 326 g/mol. The molecule has 0 bridgehead atoms. The molecule has 2 rings (SSSR count). The van der Waals surface area contributed by atoms with E-state index in [0.29, 0.717) is 19.8 Å². The second-order valence-corrected chi connectivity index (χ2v) is 5.34. The Balaban J connectivity index is 0.000000225. The van der Waals surface area contributed by atoms with E-state index in [-0.39, 0.29) is 0 Å². The van der Waals surface area contributed by atoms with Gasteiger partial charge in [-0.15, -0.1) is 0 Å². The van der Waals surface area contributed by atoms with Crippen molar-refractivity contribution in [2.75, 3.05) is 26.9 Å². The van der Waals surface area contributed by atoms with Gasteiger partial charge in [0, 0.05) is 19.8 Å². The Kier molecular flexibility index (Phi) is 9.32. The van der Waals surface area contributed by atoms with E-state index in [1.165, 1.54) is 0 Å². The molecule has 0 spiro atoms. The van der Waals surface area contributed by atoms with Gasteiger partial charge in [0.15, 0.2) is 5.75 Å². The highest BCUT2D eigenvalue weighted by Gasteiger charge is 2.15. The fourth-order valence-electron chi connectivity index (χ4n) is 1.63. The molecular weight excluding hydrogens is 302 g/mol. The SMILES string of the molecule is CCO[Si](OCC)OCC.COC1=CNOc2ccccc21. The summed E-state index contributed by atoms with van der Waals surface area (Å²) in [5.41, 5.74) is 3.63. The van der Waals surface area contributed by atoms with Crippen LogP contribution in [0, 0.1) is 0 Å². The zero-order chi connectivity index (χ0) is 16.2. The van der Waals surface area contributed by atoms with Crippen molar-refractivity contribution in [3.63, 3.8) is 0 Å². The molecule has 123 valence electrons. The molecule has 0 atom stereocenters. The number of hydrogen-bond donors (Lipinski definition) is 1. The molecule has 1 aromatic rings. The van der Waals surface area contributed by atoms with Crippen LogP contribution in [0.1, 0.15) is 26.3 Å². The lowest BCUT2D eigenvalue weighted by Crippen LogP contribution is -2.27. The average molecular weight is 326 g/mol. The first kappa shape index (κ1) is 18.5. The van der Waals surface area contributed by atoms with Gasteiger partial charge in [0.25, 0.3) is 0 Å². The summed E-state index contributed by atoms with van der Waals surface area (Å²) in [6, 6.07) is 7.69. The zero-order valence-electron chi connectivity index (χ0n) is 13.5. The Morgan fingerprint density at radius 2 is 1.59 bits per heavy atom. The molecular formula is C15H24NO5Si. The lowest BCUT2D eigenvalue weighted by Gasteiger charge is -2.17. The number of nitrogens with one attached hydrogen (secondary N) is 1. The largest absolute Gasteiger partial charge is 0.577 e. The van der Waals surface area contributed by atoms with E-state index in [1.54, 1.807) is 13.3 Å². The van der Waals surface area contributed by atoms with Crippen LogP contribution in [-0.4, -0.2) is 36.5 Å². The Hall–Kier alpha value is -1.54. The maximum Gasteiger partial charge on any atom is 0.577 e. The van der Waals surface area contributed by atoms with Gasteiger partial charge in [0.2, 0.25) is 0 Å². The van der Waals surface area contributed by atoms with Gasteiger partial charge in [-0.1, -0.05) is 12.1 Å². The van der Waals surface area contributed by atoms with Crippen LogP contribution in [0.4, 0.5) is 0 Å². The Morgan fingerprint density at radius 1 is 1.00 bits per heavy atom. The van der Waals surface area contributed by atoms with E-state index < -0.39 is 9.53 Å². The molecule has 1 aliphatic heterocycles. The van der Waals surface area contributed by atoms with Crippen LogP contribution < -0.4 is 10.3 Å². The van der Waals surface area contributed by atoms with Crippen LogP contribution in [0.5, 0.6) is 5.75 Å². The van der Waals surface area contributed by atoms with Crippen molar-refractivity contribution in [2.45, 2.75) is 20.8 Å². The van der Waals surface area contributed by atoms with E-state index in [9.17, 15) is 0 Å². The normalized spacial score (nSPS) is 12.3. The highest BCUT2D eigenvalue weighted by atomic mass is 28.3. The first-order chi connectivity index (χ1) is 10.8. The molecule has 0 saturated carbocycles. The lowest BCUT2D eigenvalue weighted by atomic mass is 10.1. The van der Waals surface area contributed by atoms with Gasteiger partial charge in [-0.05, 0) is 32.9 Å². The molecule has 0 aliphatic carbocycles. The summed E-state index contributed by atoms with van der Waals surface area (Å²) >= 11 is 0. The lowest BCUT2D eigenvalue weighted by molar-refractivity contribution is 0.107. The van der Waals surface area contributed by atoms with Gasteiger partial charge in [0.1, 0.15) is 5.76 Å². The maximum absolute atomic E-state index is 5.18. The molecule has 1 radical (unpaired) electrons. The smallest absolute Gasteiger partial charge is 0.494 e.